The Balaban J connectivity index is 1.92. The highest BCUT2D eigenvalue weighted by molar-refractivity contribution is 7.88. The number of nitrogens with zero attached hydrogens (tertiary/aromatic N) is 4. The second kappa shape index (κ2) is 7.40. The molecule has 1 aromatic carbocycles. The van der Waals surface area contributed by atoms with Crippen molar-refractivity contribution in [2.24, 2.45) is 5.92 Å². The van der Waals surface area contributed by atoms with Crippen LogP contribution in [-0.2, 0) is 23.0 Å². The molecule has 8 nitrogen and oxygen atoms in total. The molecule has 0 radical (unpaired) electrons. The Bertz CT molecular complexity index is 965. The molecule has 1 amide bonds. The molecule has 0 aliphatic carbocycles. The van der Waals surface area contributed by atoms with Gasteiger partial charge in [0.15, 0.2) is 5.69 Å². The van der Waals surface area contributed by atoms with Crippen molar-refractivity contribution in [3.05, 3.63) is 40.7 Å². The lowest BCUT2D eigenvalue weighted by molar-refractivity contribution is 0.0943. The molecule has 9 heteroatoms. The van der Waals surface area contributed by atoms with Crippen LogP contribution in [0, 0.1) is 12.8 Å². The number of carbonyl (C=O) groups excluding carboxylic acids is 1. The molecule has 1 aliphatic heterocycles. The highest BCUT2D eigenvalue weighted by Gasteiger charge is 2.26. The largest absolute Gasteiger partial charge is 0.350 e. The molecule has 0 saturated carbocycles. The van der Waals surface area contributed by atoms with Crippen molar-refractivity contribution in [2.75, 3.05) is 19.3 Å². The van der Waals surface area contributed by atoms with Crippen LogP contribution >= 0.6 is 0 Å². The van der Waals surface area contributed by atoms with Crippen LogP contribution in [0.25, 0.3) is 5.69 Å². The van der Waals surface area contributed by atoms with Gasteiger partial charge in [0, 0.05) is 19.6 Å². The van der Waals surface area contributed by atoms with E-state index in [1.807, 2.05) is 39.0 Å². The van der Waals surface area contributed by atoms with Crippen molar-refractivity contribution in [3.63, 3.8) is 0 Å². The Morgan fingerprint density at radius 3 is 2.74 bits per heavy atom. The van der Waals surface area contributed by atoms with Crippen molar-refractivity contribution in [1.82, 2.24) is 24.6 Å². The molecule has 0 bridgehead atoms. The van der Waals surface area contributed by atoms with Crippen molar-refractivity contribution in [3.8, 4) is 5.69 Å². The number of amides is 1. The zero-order chi connectivity index (χ0) is 19.8. The summed E-state index contributed by atoms with van der Waals surface area (Å²) in [6, 6.07) is 5.73. The summed E-state index contributed by atoms with van der Waals surface area (Å²) in [7, 11) is -3.23. The second-order valence-corrected chi connectivity index (χ2v) is 9.28. The minimum atomic E-state index is -3.23. The first kappa shape index (κ1) is 19.5. The molecule has 0 saturated heterocycles. The molecule has 1 aliphatic rings. The van der Waals surface area contributed by atoms with E-state index < -0.39 is 10.0 Å². The summed E-state index contributed by atoms with van der Waals surface area (Å²) in [5.41, 5.74) is 3.80. The van der Waals surface area contributed by atoms with Gasteiger partial charge >= 0.3 is 0 Å². The van der Waals surface area contributed by atoms with Crippen LogP contribution in [0.1, 0.15) is 41.2 Å². The summed E-state index contributed by atoms with van der Waals surface area (Å²) in [6.45, 7) is 7.22. The van der Waals surface area contributed by atoms with E-state index in [4.69, 9.17) is 0 Å². The maximum absolute atomic E-state index is 12.4. The van der Waals surface area contributed by atoms with Crippen LogP contribution in [0.5, 0.6) is 0 Å². The zero-order valence-electron chi connectivity index (χ0n) is 16.1. The number of carbonyl (C=O) groups is 1. The van der Waals surface area contributed by atoms with Gasteiger partial charge in [0.1, 0.15) is 0 Å². The molecule has 0 unspecified atom stereocenters. The molecule has 1 aromatic heterocycles. The first-order valence-electron chi connectivity index (χ1n) is 8.95. The number of rotatable bonds is 5. The van der Waals surface area contributed by atoms with Gasteiger partial charge in [0.25, 0.3) is 5.91 Å². The van der Waals surface area contributed by atoms with Crippen LogP contribution in [0.2, 0.25) is 0 Å². The Labute approximate surface area is 159 Å². The average molecular weight is 391 g/mol. The fourth-order valence-corrected chi connectivity index (χ4v) is 3.99. The number of benzene rings is 1. The number of fused-ring (bicyclic) bond motifs is 1. The topological polar surface area (TPSA) is 97.2 Å². The van der Waals surface area contributed by atoms with E-state index in [1.54, 1.807) is 4.68 Å². The van der Waals surface area contributed by atoms with E-state index in [2.05, 4.69) is 15.6 Å². The predicted molar refractivity (Wildman–Crippen MR) is 102 cm³/mol. The Kier molecular flexibility index (Phi) is 5.34. The Morgan fingerprint density at radius 2 is 2.07 bits per heavy atom. The SMILES string of the molecule is Cc1c(C(=O)NCC(C)C)nnn1-c1cccc2c1CCN(S(C)(=O)=O)C2. The lowest BCUT2D eigenvalue weighted by Crippen LogP contribution is -2.35. The van der Waals surface area contributed by atoms with Gasteiger partial charge in [-0.05, 0) is 36.5 Å². The number of aromatic nitrogens is 3. The van der Waals surface area contributed by atoms with E-state index in [9.17, 15) is 13.2 Å². The molecule has 2 aromatic rings. The molecule has 146 valence electrons. The van der Waals surface area contributed by atoms with Gasteiger partial charge < -0.3 is 5.32 Å². The van der Waals surface area contributed by atoms with Gasteiger partial charge in [-0.15, -0.1) is 5.10 Å². The van der Waals surface area contributed by atoms with E-state index in [0.717, 1.165) is 16.8 Å². The van der Waals surface area contributed by atoms with Crippen LogP contribution in [0.3, 0.4) is 0 Å². The molecule has 0 atom stereocenters. The van der Waals surface area contributed by atoms with Gasteiger partial charge in [0.2, 0.25) is 10.0 Å². The molecular weight excluding hydrogens is 366 g/mol. The maximum Gasteiger partial charge on any atom is 0.273 e. The highest BCUT2D eigenvalue weighted by atomic mass is 32.2. The summed E-state index contributed by atoms with van der Waals surface area (Å²) in [6.07, 6.45) is 1.82. The highest BCUT2D eigenvalue weighted by Crippen LogP contribution is 2.27. The van der Waals surface area contributed by atoms with Crippen LogP contribution in [-0.4, -0.2) is 53.0 Å². The molecule has 2 heterocycles. The van der Waals surface area contributed by atoms with Gasteiger partial charge in [-0.3, -0.25) is 4.79 Å². The summed E-state index contributed by atoms with van der Waals surface area (Å²) < 4.78 is 26.8. The van der Waals surface area contributed by atoms with Crippen molar-refractivity contribution in [1.29, 1.82) is 0 Å². The van der Waals surface area contributed by atoms with Crippen molar-refractivity contribution < 1.29 is 13.2 Å². The number of nitrogens with one attached hydrogen (secondary N) is 1. The van der Waals surface area contributed by atoms with E-state index in [0.29, 0.717) is 43.4 Å². The summed E-state index contributed by atoms with van der Waals surface area (Å²) in [5.74, 6) is 0.115. The molecule has 3 rings (SSSR count). The fraction of sp³-hybridized carbons (Fsp3) is 0.500. The summed E-state index contributed by atoms with van der Waals surface area (Å²) in [5, 5.41) is 11.1. The second-order valence-electron chi connectivity index (χ2n) is 7.30. The quantitative estimate of drug-likeness (QED) is 0.828. The third-order valence-electron chi connectivity index (χ3n) is 4.68. The van der Waals surface area contributed by atoms with Crippen LogP contribution in [0.15, 0.2) is 18.2 Å². The number of hydrogen-bond acceptors (Lipinski definition) is 5. The van der Waals surface area contributed by atoms with E-state index in [1.165, 1.54) is 10.6 Å². The van der Waals surface area contributed by atoms with Gasteiger partial charge in [-0.2, -0.15) is 4.31 Å². The van der Waals surface area contributed by atoms with Gasteiger partial charge in [-0.1, -0.05) is 31.2 Å². The third-order valence-corrected chi connectivity index (χ3v) is 5.93. The smallest absolute Gasteiger partial charge is 0.273 e. The first-order valence-corrected chi connectivity index (χ1v) is 10.8. The monoisotopic (exact) mass is 391 g/mol. The molecule has 1 N–H and O–H groups in total. The van der Waals surface area contributed by atoms with Crippen LogP contribution in [0.4, 0.5) is 0 Å². The van der Waals surface area contributed by atoms with Crippen molar-refractivity contribution >= 4 is 15.9 Å². The molecular formula is C18H25N5O3S. The predicted octanol–water partition coefficient (Wildman–Crippen LogP) is 1.28. The van der Waals surface area contributed by atoms with E-state index >= 15 is 0 Å². The molecule has 0 fully saturated rings. The first-order chi connectivity index (χ1) is 12.7. The minimum absolute atomic E-state index is 0.236. The Hall–Kier alpha value is -2.26. The summed E-state index contributed by atoms with van der Waals surface area (Å²) in [4.78, 5) is 12.4. The third kappa shape index (κ3) is 4.03. The number of hydrogen-bond donors (Lipinski definition) is 1. The minimum Gasteiger partial charge on any atom is -0.350 e. The fourth-order valence-electron chi connectivity index (χ4n) is 3.19. The van der Waals surface area contributed by atoms with Gasteiger partial charge in [-0.25, -0.2) is 13.1 Å². The normalized spacial score (nSPS) is 15.0. The average Bonchev–Trinajstić information content (AvgIpc) is 2.99. The zero-order valence-corrected chi connectivity index (χ0v) is 16.9. The lowest BCUT2D eigenvalue weighted by atomic mass is 9.99. The lowest BCUT2D eigenvalue weighted by Gasteiger charge is -2.28. The van der Waals surface area contributed by atoms with Crippen molar-refractivity contribution in [2.45, 2.75) is 33.7 Å². The van der Waals surface area contributed by atoms with Crippen LogP contribution < -0.4 is 5.32 Å². The summed E-state index contributed by atoms with van der Waals surface area (Å²) >= 11 is 0. The maximum atomic E-state index is 12.4. The Morgan fingerprint density at radius 1 is 1.33 bits per heavy atom. The van der Waals surface area contributed by atoms with Gasteiger partial charge in [0.05, 0.1) is 17.6 Å². The molecule has 27 heavy (non-hydrogen) atoms. The van der Waals surface area contributed by atoms with E-state index in [-0.39, 0.29) is 5.91 Å². The molecule has 0 spiro atoms. The standard InChI is InChI=1S/C18H25N5O3S/c1-12(2)10-19-18(24)17-13(3)23(21-20-17)16-7-5-6-14-11-22(27(4,25)26)9-8-15(14)16/h5-7,12H,8-11H2,1-4H3,(H,19,24). The number of sulfonamides is 1.